The molecule has 0 spiro atoms. The monoisotopic (exact) mass is 297 g/mol. The van der Waals surface area contributed by atoms with Crippen molar-refractivity contribution in [1.82, 2.24) is 19.7 Å². The molecule has 2 aromatic heterocycles. The molecule has 1 fully saturated rings. The van der Waals surface area contributed by atoms with Crippen LogP contribution in [0.5, 0.6) is 0 Å². The summed E-state index contributed by atoms with van der Waals surface area (Å²) in [5, 5.41) is 32.5. The van der Waals surface area contributed by atoms with Crippen molar-refractivity contribution in [2.75, 3.05) is 12.3 Å². The molecule has 114 valence electrons. The first-order valence-corrected chi connectivity index (χ1v) is 6.28. The lowest BCUT2D eigenvalue weighted by Gasteiger charge is -2.17. The lowest BCUT2D eigenvalue weighted by Crippen LogP contribution is -2.33. The van der Waals surface area contributed by atoms with Gasteiger partial charge >= 0.3 is 0 Å². The molecular weight excluding hydrogens is 282 g/mol. The molecule has 2 aromatic rings. The zero-order valence-electron chi connectivity index (χ0n) is 11.1. The molecule has 1 aliphatic rings. The predicted octanol–water partition coefficient (Wildman–Crippen LogP) is -1.56. The fourth-order valence-electron chi connectivity index (χ4n) is 2.25. The molecule has 5 N–H and O–H groups in total. The van der Waals surface area contributed by atoms with Crippen molar-refractivity contribution in [3.05, 3.63) is 12.2 Å². The second kappa shape index (κ2) is 5.07. The minimum atomic E-state index is -1.24. The van der Waals surface area contributed by atoms with Crippen molar-refractivity contribution < 1.29 is 24.6 Å². The molecule has 21 heavy (non-hydrogen) atoms. The van der Waals surface area contributed by atoms with E-state index in [1.54, 1.807) is 6.92 Å². The Morgan fingerprint density at radius 1 is 1.38 bits per heavy atom. The maximum atomic E-state index is 9.98. The van der Waals surface area contributed by atoms with Gasteiger partial charge in [-0.2, -0.15) is 4.98 Å². The van der Waals surface area contributed by atoms with Crippen LogP contribution in [-0.2, 0) is 4.74 Å². The van der Waals surface area contributed by atoms with Gasteiger partial charge in [0, 0.05) is 6.92 Å². The van der Waals surface area contributed by atoms with Gasteiger partial charge in [0.15, 0.2) is 11.9 Å². The fraction of sp³-hybridized carbons (Fsp3) is 0.545. The molecule has 0 aliphatic carbocycles. The number of nitrogens with two attached hydrogens (primary N) is 1. The van der Waals surface area contributed by atoms with Gasteiger partial charge in [0.05, 0.1) is 12.9 Å². The van der Waals surface area contributed by atoms with Gasteiger partial charge in [-0.05, 0) is 0 Å². The highest BCUT2D eigenvalue weighted by Crippen LogP contribution is 2.33. The van der Waals surface area contributed by atoms with Gasteiger partial charge in [0.2, 0.25) is 11.7 Å². The molecule has 10 heteroatoms. The average Bonchev–Trinajstić information content (AvgIpc) is 3.11. The summed E-state index contributed by atoms with van der Waals surface area (Å²) < 4.78 is 11.6. The van der Waals surface area contributed by atoms with Gasteiger partial charge < -0.3 is 30.3 Å². The van der Waals surface area contributed by atoms with Crippen LogP contribution in [0.1, 0.15) is 12.1 Å². The number of aliphatic hydroxyl groups is 3. The molecular formula is C11H15N5O5. The summed E-state index contributed by atoms with van der Waals surface area (Å²) in [6.07, 6.45) is -2.94. The van der Waals surface area contributed by atoms with Gasteiger partial charge in [-0.1, -0.05) is 5.16 Å². The van der Waals surface area contributed by atoms with E-state index >= 15 is 0 Å². The number of imidazole rings is 1. The van der Waals surface area contributed by atoms with Gasteiger partial charge in [0.1, 0.15) is 24.1 Å². The molecule has 0 radical (unpaired) electrons. The summed E-state index contributed by atoms with van der Waals surface area (Å²) in [6, 6.07) is 0. The quantitative estimate of drug-likeness (QED) is 0.526. The molecule has 0 saturated carbocycles. The number of aliphatic hydroxyl groups excluding tert-OH is 3. The largest absolute Gasteiger partial charge is 0.394 e. The van der Waals surface area contributed by atoms with Crippen molar-refractivity contribution >= 4 is 5.82 Å². The molecule has 0 aromatic carbocycles. The number of nitrogen functional groups attached to an aromatic ring is 1. The van der Waals surface area contributed by atoms with Gasteiger partial charge in [-0.3, -0.25) is 4.57 Å². The second-order valence-electron chi connectivity index (χ2n) is 4.75. The number of ether oxygens (including phenoxy) is 1. The van der Waals surface area contributed by atoms with Crippen LogP contribution in [0.2, 0.25) is 0 Å². The van der Waals surface area contributed by atoms with E-state index in [0.717, 1.165) is 0 Å². The highest BCUT2D eigenvalue weighted by molar-refractivity contribution is 5.63. The van der Waals surface area contributed by atoms with E-state index < -0.39 is 31.1 Å². The van der Waals surface area contributed by atoms with Crippen LogP contribution in [0.4, 0.5) is 5.82 Å². The Kier molecular flexibility index (Phi) is 3.37. The molecule has 3 rings (SSSR count). The summed E-state index contributed by atoms with van der Waals surface area (Å²) in [6.45, 7) is 1.22. The number of anilines is 1. The Bertz CT molecular complexity index is 641. The third-order valence-corrected chi connectivity index (χ3v) is 3.36. The smallest absolute Gasteiger partial charge is 0.224 e. The number of rotatable bonds is 3. The highest BCUT2D eigenvalue weighted by Gasteiger charge is 2.44. The van der Waals surface area contributed by atoms with Gasteiger partial charge in [-0.15, -0.1) is 0 Å². The van der Waals surface area contributed by atoms with Crippen LogP contribution in [0.25, 0.3) is 11.5 Å². The van der Waals surface area contributed by atoms with Gasteiger partial charge in [-0.25, -0.2) is 4.98 Å². The van der Waals surface area contributed by atoms with E-state index in [-0.39, 0.29) is 17.3 Å². The van der Waals surface area contributed by atoms with E-state index in [2.05, 4.69) is 15.1 Å². The SMILES string of the molecule is Cc1nc(-c2ncn([C@@H]3O[C@H](CO)[C@@H](O)[C@H]3O)c2N)no1. The number of hydrogen-bond donors (Lipinski definition) is 4. The number of nitrogens with zero attached hydrogens (tertiary/aromatic N) is 4. The molecule has 10 nitrogen and oxygen atoms in total. The summed E-state index contributed by atoms with van der Waals surface area (Å²) in [5.74, 6) is 0.744. The molecule has 1 saturated heterocycles. The average molecular weight is 297 g/mol. The third-order valence-electron chi connectivity index (χ3n) is 3.36. The zero-order valence-corrected chi connectivity index (χ0v) is 11.1. The Balaban J connectivity index is 1.93. The molecule has 3 heterocycles. The van der Waals surface area contributed by atoms with E-state index in [4.69, 9.17) is 20.1 Å². The maximum Gasteiger partial charge on any atom is 0.224 e. The highest BCUT2D eigenvalue weighted by atomic mass is 16.6. The van der Waals surface area contributed by atoms with Crippen molar-refractivity contribution in [3.8, 4) is 11.5 Å². The second-order valence-corrected chi connectivity index (χ2v) is 4.75. The number of hydrogen-bond acceptors (Lipinski definition) is 9. The third kappa shape index (κ3) is 2.17. The standard InChI is InChI=1S/C11H15N5O5/c1-4-14-10(15-21-4)6-9(12)16(3-13-6)11-8(19)7(18)5(2-17)20-11/h3,5,7-8,11,17-19H,2,12H2,1H3/t5-,7-,8-,11-/m1/s1. The lowest BCUT2D eigenvalue weighted by molar-refractivity contribution is -0.0517. The zero-order chi connectivity index (χ0) is 15.1. The summed E-state index contributed by atoms with van der Waals surface area (Å²) >= 11 is 0. The molecule has 0 bridgehead atoms. The van der Waals surface area contributed by atoms with Gasteiger partial charge in [0.25, 0.3) is 0 Å². The van der Waals surface area contributed by atoms with E-state index in [1.807, 2.05) is 0 Å². The lowest BCUT2D eigenvalue weighted by atomic mass is 10.1. The minimum Gasteiger partial charge on any atom is -0.394 e. The van der Waals surface area contributed by atoms with Crippen LogP contribution in [0.3, 0.4) is 0 Å². The van der Waals surface area contributed by atoms with Crippen LogP contribution in [0, 0.1) is 6.92 Å². The maximum absolute atomic E-state index is 9.98. The van der Waals surface area contributed by atoms with Crippen molar-refractivity contribution in [2.45, 2.75) is 31.5 Å². The van der Waals surface area contributed by atoms with Crippen LogP contribution >= 0.6 is 0 Å². The van der Waals surface area contributed by atoms with E-state index in [1.165, 1.54) is 10.9 Å². The predicted molar refractivity (Wildman–Crippen MR) is 67.7 cm³/mol. The topological polar surface area (TPSA) is 153 Å². The number of aryl methyl sites for hydroxylation is 1. The number of aromatic nitrogens is 4. The fourth-order valence-corrected chi connectivity index (χ4v) is 2.25. The van der Waals surface area contributed by atoms with Crippen LogP contribution < -0.4 is 5.73 Å². The Labute approximate surface area is 118 Å². The van der Waals surface area contributed by atoms with Crippen LogP contribution in [-0.4, -0.2) is 59.9 Å². The van der Waals surface area contributed by atoms with Crippen LogP contribution in [0.15, 0.2) is 10.9 Å². The normalized spacial score (nSPS) is 29.1. The minimum absolute atomic E-state index is 0.158. The first kappa shape index (κ1) is 13.9. The summed E-state index contributed by atoms with van der Waals surface area (Å²) in [5.41, 5.74) is 6.24. The van der Waals surface area contributed by atoms with Crippen molar-refractivity contribution in [2.24, 2.45) is 0 Å². The van der Waals surface area contributed by atoms with E-state index in [9.17, 15) is 10.2 Å². The summed E-state index contributed by atoms with van der Waals surface area (Å²) in [7, 11) is 0. The molecule has 4 atom stereocenters. The molecule has 0 unspecified atom stereocenters. The Morgan fingerprint density at radius 3 is 2.71 bits per heavy atom. The Hall–Kier alpha value is -2.01. The van der Waals surface area contributed by atoms with E-state index in [0.29, 0.717) is 5.89 Å². The molecule has 1 aliphatic heterocycles. The molecule has 0 amide bonds. The first-order chi connectivity index (χ1) is 10.0. The summed E-state index contributed by atoms with van der Waals surface area (Å²) in [4.78, 5) is 8.09. The Morgan fingerprint density at radius 2 is 2.14 bits per heavy atom. The van der Waals surface area contributed by atoms with Crippen molar-refractivity contribution in [1.29, 1.82) is 0 Å². The van der Waals surface area contributed by atoms with Crippen molar-refractivity contribution in [3.63, 3.8) is 0 Å². The first-order valence-electron chi connectivity index (χ1n) is 6.28.